The molecular formula is C16H17ClN6O2. The minimum Gasteiger partial charge on any atom is -0.384 e. The normalized spacial score (nSPS) is 17.3. The molecule has 9 heteroatoms. The number of aliphatic hydroxyl groups excluding tert-OH is 1. The summed E-state index contributed by atoms with van der Waals surface area (Å²) in [5, 5.41) is 18.4. The third-order valence-corrected chi connectivity index (χ3v) is 4.80. The highest BCUT2D eigenvalue weighted by molar-refractivity contribution is 6.30. The topological polar surface area (TPSA) is 97.0 Å². The Balaban J connectivity index is 1.69. The molecule has 1 fully saturated rings. The Morgan fingerprint density at radius 2 is 2.08 bits per heavy atom. The molecule has 4 rings (SSSR count). The molecule has 0 aliphatic carbocycles. The van der Waals surface area contributed by atoms with Crippen molar-refractivity contribution in [3.05, 3.63) is 23.5 Å². The lowest BCUT2D eigenvalue weighted by Crippen LogP contribution is -2.43. The van der Waals surface area contributed by atoms with E-state index in [-0.39, 0.29) is 11.9 Å². The van der Waals surface area contributed by atoms with Gasteiger partial charge in [0.05, 0.1) is 17.8 Å². The Morgan fingerprint density at radius 1 is 1.32 bits per heavy atom. The maximum atomic E-state index is 11.9. The van der Waals surface area contributed by atoms with E-state index in [4.69, 9.17) is 11.6 Å². The highest BCUT2D eigenvalue weighted by Crippen LogP contribution is 2.29. The van der Waals surface area contributed by atoms with Crippen LogP contribution in [0.25, 0.3) is 22.1 Å². The fourth-order valence-corrected chi connectivity index (χ4v) is 3.46. The summed E-state index contributed by atoms with van der Waals surface area (Å²) in [4.78, 5) is 22.4. The Labute approximate surface area is 148 Å². The van der Waals surface area contributed by atoms with Gasteiger partial charge in [-0.25, -0.2) is 9.67 Å². The number of fused-ring (bicyclic) bond motifs is 3. The highest BCUT2D eigenvalue weighted by Gasteiger charge is 2.28. The SMILES string of the molecule is C[C@H](O)C(=O)N1CCC(n2nnc3cnc4ccc(Cl)nc4c32)CC1. The Kier molecular flexibility index (Phi) is 4.01. The fraction of sp³-hybridized carbons (Fsp3) is 0.438. The molecule has 1 atom stereocenters. The van der Waals surface area contributed by atoms with Gasteiger partial charge in [0, 0.05) is 13.1 Å². The summed E-state index contributed by atoms with van der Waals surface area (Å²) in [6.45, 7) is 2.65. The Morgan fingerprint density at radius 3 is 2.80 bits per heavy atom. The summed E-state index contributed by atoms with van der Waals surface area (Å²) in [5.41, 5.74) is 2.90. The van der Waals surface area contributed by atoms with Gasteiger partial charge in [0.2, 0.25) is 0 Å². The van der Waals surface area contributed by atoms with Gasteiger partial charge in [-0.2, -0.15) is 0 Å². The molecule has 3 aromatic heterocycles. The van der Waals surface area contributed by atoms with Gasteiger partial charge in [0.1, 0.15) is 27.8 Å². The predicted octanol–water partition coefficient (Wildman–Crippen LogP) is 1.57. The third-order valence-electron chi connectivity index (χ3n) is 4.59. The number of aliphatic hydroxyl groups is 1. The minimum atomic E-state index is -0.967. The maximum Gasteiger partial charge on any atom is 0.251 e. The van der Waals surface area contributed by atoms with Gasteiger partial charge < -0.3 is 10.0 Å². The van der Waals surface area contributed by atoms with Crippen LogP contribution in [0.3, 0.4) is 0 Å². The summed E-state index contributed by atoms with van der Waals surface area (Å²) in [6.07, 6.45) is 2.19. The van der Waals surface area contributed by atoms with Crippen LogP contribution in [0, 0.1) is 0 Å². The molecule has 0 radical (unpaired) electrons. The summed E-state index contributed by atoms with van der Waals surface area (Å²) >= 11 is 6.05. The van der Waals surface area contributed by atoms with E-state index in [0.717, 1.165) is 23.9 Å². The van der Waals surface area contributed by atoms with Gasteiger partial charge in [-0.3, -0.25) is 9.78 Å². The number of halogens is 1. The smallest absolute Gasteiger partial charge is 0.251 e. The van der Waals surface area contributed by atoms with E-state index in [1.54, 1.807) is 17.2 Å². The van der Waals surface area contributed by atoms with Gasteiger partial charge in [-0.1, -0.05) is 16.8 Å². The molecule has 0 saturated carbocycles. The zero-order valence-corrected chi connectivity index (χ0v) is 14.4. The molecule has 1 N–H and O–H groups in total. The van der Waals surface area contributed by atoms with E-state index in [1.807, 2.05) is 10.7 Å². The number of carbonyl (C=O) groups is 1. The monoisotopic (exact) mass is 360 g/mol. The molecule has 0 spiro atoms. The van der Waals surface area contributed by atoms with Crippen LogP contribution >= 0.6 is 11.6 Å². The number of hydrogen-bond acceptors (Lipinski definition) is 6. The number of pyridine rings is 2. The van der Waals surface area contributed by atoms with Gasteiger partial charge in [-0.15, -0.1) is 5.10 Å². The molecule has 0 aromatic carbocycles. The predicted molar refractivity (Wildman–Crippen MR) is 92.2 cm³/mol. The summed E-state index contributed by atoms with van der Waals surface area (Å²) < 4.78 is 1.87. The van der Waals surface area contributed by atoms with Crippen molar-refractivity contribution in [3.8, 4) is 0 Å². The zero-order chi connectivity index (χ0) is 17.6. The number of likely N-dealkylation sites (tertiary alicyclic amines) is 1. The molecule has 4 heterocycles. The molecular weight excluding hydrogens is 344 g/mol. The molecule has 8 nitrogen and oxygen atoms in total. The molecule has 130 valence electrons. The summed E-state index contributed by atoms with van der Waals surface area (Å²) in [7, 11) is 0. The molecule has 1 saturated heterocycles. The third kappa shape index (κ3) is 2.81. The molecule has 0 bridgehead atoms. The average molecular weight is 361 g/mol. The van der Waals surface area contributed by atoms with Crippen LogP contribution in [0.1, 0.15) is 25.8 Å². The zero-order valence-electron chi connectivity index (χ0n) is 13.6. The van der Waals surface area contributed by atoms with E-state index in [9.17, 15) is 9.90 Å². The average Bonchev–Trinajstić information content (AvgIpc) is 3.05. The number of aromatic nitrogens is 5. The Hall–Kier alpha value is -2.32. The highest BCUT2D eigenvalue weighted by atomic mass is 35.5. The first-order valence-corrected chi connectivity index (χ1v) is 8.55. The molecule has 0 unspecified atom stereocenters. The van der Waals surface area contributed by atoms with Gasteiger partial charge >= 0.3 is 0 Å². The quantitative estimate of drug-likeness (QED) is 0.697. The largest absolute Gasteiger partial charge is 0.384 e. The number of amides is 1. The molecule has 1 aliphatic heterocycles. The summed E-state index contributed by atoms with van der Waals surface area (Å²) in [6, 6.07) is 3.64. The van der Waals surface area contributed by atoms with Crippen molar-refractivity contribution < 1.29 is 9.90 Å². The van der Waals surface area contributed by atoms with Crippen LogP contribution in [-0.4, -0.2) is 60.1 Å². The van der Waals surface area contributed by atoms with Crippen LogP contribution in [0.15, 0.2) is 18.3 Å². The Bertz CT molecular complexity index is 948. The van der Waals surface area contributed by atoms with Crippen molar-refractivity contribution in [2.24, 2.45) is 0 Å². The van der Waals surface area contributed by atoms with Gasteiger partial charge in [0.15, 0.2) is 0 Å². The molecule has 1 aliphatic rings. The standard InChI is InChI=1S/C16H17ClN6O2/c1-9(24)16(25)22-6-4-10(5-7-22)23-15-12(20-21-23)8-18-11-2-3-13(17)19-14(11)15/h2-3,8-10,24H,4-7H2,1H3/t9-/m0/s1. The number of piperidine rings is 1. The molecule has 25 heavy (non-hydrogen) atoms. The second-order valence-electron chi connectivity index (χ2n) is 6.26. The van der Waals surface area contributed by atoms with Gasteiger partial charge in [-0.05, 0) is 31.9 Å². The minimum absolute atomic E-state index is 0.106. The lowest BCUT2D eigenvalue weighted by atomic mass is 10.0. The maximum absolute atomic E-state index is 11.9. The second kappa shape index (κ2) is 6.20. The fourth-order valence-electron chi connectivity index (χ4n) is 3.31. The van der Waals surface area contributed by atoms with Crippen molar-refractivity contribution in [1.82, 2.24) is 29.9 Å². The van der Waals surface area contributed by atoms with Crippen molar-refractivity contribution >= 4 is 39.6 Å². The number of rotatable bonds is 2. The first kappa shape index (κ1) is 16.2. The first-order valence-electron chi connectivity index (χ1n) is 8.17. The summed E-state index contributed by atoms with van der Waals surface area (Å²) in [5.74, 6) is -0.231. The second-order valence-corrected chi connectivity index (χ2v) is 6.65. The first-order chi connectivity index (χ1) is 12.0. The van der Waals surface area contributed by atoms with E-state index < -0.39 is 6.10 Å². The van der Waals surface area contributed by atoms with Crippen LogP contribution in [-0.2, 0) is 4.79 Å². The van der Waals surface area contributed by atoms with Crippen molar-refractivity contribution in [2.45, 2.75) is 31.9 Å². The van der Waals surface area contributed by atoms with Crippen molar-refractivity contribution in [1.29, 1.82) is 0 Å². The lowest BCUT2D eigenvalue weighted by Gasteiger charge is -2.32. The van der Waals surface area contributed by atoms with E-state index in [2.05, 4.69) is 20.3 Å². The molecule has 3 aromatic rings. The van der Waals surface area contributed by atoms with E-state index in [0.29, 0.717) is 29.3 Å². The number of hydrogen-bond donors (Lipinski definition) is 1. The van der Waals surface area contributed by atoms with Gasteiger partial charge in [0.25, 0.3) is 5.91 Å². The van der Waals surface area contributed by atoms with E-state index in [1.165, 1.54) is 6.92 Å². The number of nitrogens with zero attached hydrogens (tertiary/aromatic N) is 6. The molecule has 1 amide bonds. The number of carbonyl (C=O) groups excluding carboxylic acids is 1. The van der Waals surface area contributed by atoms with Crippen molar-refractivity contribution in [2.75, 3.05) is 13.1 Å². The van der Waals surface area contributed by atoms with Crippen LogP contribution in [0.4, 0.5) is 0 Å². The lowest BCUT2D eigenvalue weighted by molar-refractivity contribution is -0.140. The van der Waals surface area contributed by atoms with Crippen molar-refractivity contribution in [3.63, 3.8) is 0 Å². The van der Waals surface area contributed by atoms with E-state index >= 15 is 0 Å². The van der Waals surface area contributed by atoms with Crippen LogP contribution in [0.2, 0.25) is 5.15 Å². The van der Waals surface area contributed by atoms with Crippen LogP contribution < -0.4 is 0 Å². The van der Waals surface area contributed by atoms with Crippen LogP contribution in [0.5, 0.6) is 0 Å².